The van der Waals surface area contributed by atoms with Gasteiger partial charge >= 0.3 is 0 Å². The molecule has 1 aromatic heterocycles. The normalized spacial score (nSPS) is 17.3. The highest BCUT2D eigenvalue weighted by atomic mass is 35.5. The van der Waals surface area contributed by atoms with Crippen LogP contribution in [0.5, 0.6) is 0 Å². The van der Waals surface area contributed by atoms with Gasteiger partial charge in [-0.3, -0.25) is 4.79 Å². The van der Waals surface area contributed by atoms with E-state index in [2.05, 4.69) is 15.7 Å². The molecule has 1 aliphatic rings. The third-order valence-corrected chi connectivity index (χ3v) is 3.65. The lowest BCUT2D eigenvalue weighted by Gasteiger charge is -2.12. The number of nitrogens with zero attached hydrogens (tertiary/aromatic N) is 2. The van der Waals surface area contributed by atoms with Gasteiger partial charge in [0.25, 0.3) is 0 Å². The van der Waals surface area contributed by atoms with Crippen molar-refractivity contribution in [3.8, 4) is 5.69 Å². The van der Waals surface area contributed by atoms with Gasteiger partial charge in [0, 0.05) is 18.1 Å². The first-order valence-corrected chi connectivity index (χ1v) is 6.95. The van der Waals surface area contributed by atoms with Gasteiger partial charge in [0.05, 0.1) is 16.8 Å². The Labute approximate surface area is 134 Å². The first kappa shape index (κ1) is 15.8. The highest BCUT2D eigenvalue weighted by Gasteiger charge is 2.22. The second-order valence-corrected chi connectivity index (χ2v) is 5.16. The molecule has 2 heterocycles. The van der Waals surface area contributed by atoms with Crippen LogP contribution in [0.15, 0.2) is 36.7 Å². The summed E-state index contributed by atoms with van der Waals surface area (Å²) in [6.07, 6.45) is 5.43. The SMILES string of the molecule is Cl.O=C(Nc1ccc(-n2cccn2)c(Cl)c1)C1CCCN1. The Morgan fingerprint density at radius 3 is 2.95 bits per heavy atom. The number of hydrogen-bond donors (Lipinski definition) is 2. The molecule has 2 aromatic rings. The van der Waals surface area contributed by atoms with Crippen molar-refractivity contribution in [3.05, 3.63) is 41.7 Å². The predicted molar refractivity (Wildman–Crippen MR) is 85.5 cm³/mol. The van der Waals surface area contributed by atoms with Gasteiger partial charge < -0.3 is 10.6 Å². The van der Waals surface area contributed by atoms with E-state index in [1.807, 2.05) is 24.4 Å². The molecule has 1 fully saturated rings. The molecule has 0 aliphatic carbocycles. The van der Waals surface area contributed by atoms with Crippen LogP contribution in [0.1, 0.15) is 12.8 Å². The zero-order valence-electron chi connectivity index (χ0n) is 11.3. The lowest BCUT2D eigenvalue weighted by Crippen LogP contribution is -2.35. The second kappa shape index (κ2) is 6.93. The molecule has 1 aromatic carbocycles. The molecule has 2 N–H and O–H groups in total. The molecule has 21 heavy (non-hydrogen) atoms. The quantitative estimate of drug-likeness (QED) is 0.911. The molecule has 1 aliphatic heterocycles. The summed E-state index contributed by atoms with van der Waals surface area (Å²) in [5, 5.41) is 10.7. The predicted octanol–water partition coefficient (Wildman–Crippen LogP) is 2.64. The molecule has 0 radical (unpaired) electrons. The summed E-state index contributed by atoms with van der Waals surface area (Å²) in [7, 11) is 0. The number of carbonyl (C=O) groups excluding carboxylic acids is 1. The van der Waals surface area contributed by atoms with Crippen molar-refractivity contribution < 1.29 is 4.79 Å². The Morgan fingerprint density at radius 1 is 1.48 bits per heavy atom. The number of hydrogen-bond acceptors (Lipinski definition) is 3. The van der Waals surface area contributed by atoms with Gasteiger partial charge in [0.15, 0.2) is 0 Å². The molecule has 3 rings (SSSR count). The molecule has 1 unspecified atom stereocenters. The molecule has 0 bridgehead atoms. The van der Waals surface area contributed by atoms with Crippen molar-refractivity contribution in [2.45, 2.75) is 18.9 Å². The Bertz CT molecular complexity index is 609. The number of rotatable bonds is 3. The third kappa shape index (κ3) is 3.56. The van der Waals surface area contributed by atoms with Crippen LogP contribution in [-0.4, -0.2) is 28.3 Å². The Hall–Kier alpha value is -1.56. The molecule has 0 saturated carbocycles. The topological polar surface area (TPSA) is 59.0 Å². The van der Waals surface area contributed by atoms with E-state index in [1.165, 1.54) is 0 Å². The largest absolute Gasteiger partial charge is 0.325 e. The lowest BCUT2D eigenvalue weighted by atomic mass is 10.2. The molecule has 0 spiro atoms. The van der Waals surface area contributed by atoms with E-state index in [-0.39, 0.29) is 24.4 Å². The minimum Gasteiger partial charge on any atom is -0.325 e. The summed E-state index contributed by atoms with van der Waals surface area (Å²) < 4.78 is 1.69. The summed E-state index contributed by atoms with van der Waals surface area (Å²) in [6, 6.07) is 7.14. The summed E-state index contributed by atoms with van der Waals surface area (Å²) in [5.74, 6) is -0.00888. The average Bonchev–Trinajstić information content (AvgIpc) is 3.12. The molecular formula is C14H16Cl2N4O. The van der Waals surface area contributed by atoms with E-state index in [0.29, 0.717) is 10.7 Å². The van der Waals surface area contributed by atoms with Gasteiger partial charge in [-0.25, -0.2) is 4.68 Å². The van der Waals surface area contributed by atoms with E-state index < -0.39 is 0 Å². The van der Waals surface area contributed by atoms with Crippen LogP contribution in [-0.2, 0) is 4.79 Å². The Balaban J connectivity index is 0.00000161. The zero-order chi connectivity index (χ0) is 13.9. The minimum atomic E-state index is -0.0976. The van der Waals surface area contributed by atoms with Crippen LogP contribution in [0, 0.1) is 0 Å². The summed E-state index contributed by atoms with van der Waals surface area (Å²) in [4.78, 5) is 12.0. The third-order valence-electron chi connectivity index (χ3n) is 3.34. The van der Waals surface area contributed by atoms with Crippen molar-refractivity contribution in [2.75, 3.05) is 11.9 Å². The van der Waals surface area contributed by atoms with E-state index in [4.69, 9.17) is 11.6 Å². The molecule has 7 heteroatoms. The second-order valence-electron chi connectivity index (χ2n) is 4.76. The fraction of sp³-hybridized carbons (Fsp3) is 0.286. The van der Waals surface area contributed by atoms with Crippen LogP contribution >= 0.6 is 24.0 Å². The van der Waals surface area contributed by atoms with Crippen molar-refractivity contribution in [1.29, 1.82) is 0 Å². The van der Waals surface area contributed by atoms with Crippen molar-refractivity contribution >= 4 is 35.6 Å². The molecule has 1 saturated heterocycles. The van der Waals surface area contributed by atoms with E-state index in [1.54, 1.807) is 16.9 Å². The smallest absolute Gasteiger partial charge is 0.241 e. The molecule has 1 atom stereocenters. The number of aromatic nitrogens is 2. The van der Waals surface area contributed by atoms with Crippen LogP contribution in [0.3, 0.4) is 0 Å². The van der Waals surface area contributed by atoms with E-state index in [0.717, 1.165) is 25.1 Å². The van der Waals surface area contributed by atoms with Crippen molar-refractivity contribution in [2.24, 2.45) is 0 Å². The van der Waals surface area contributed by atoms with Gasteiger partial charge in [-0.1, -0.05) is 11.6 Å². The van der Waals surface area contributed by atoms with Gasteiger partial charge in [-0.05, 0) is 43.7 Å². The fourth-order valence-corrected chi connectivity index (χ4v) is 2.59. The monoisotopic (exact) mass is 326 g/mol. The van der Waals surface area contributed by atoms with Gasteiger partial charge in [0.1, 0.15) is 0 Å². The minimum absolute atomic E-state index is 0. The Kier molecular flexibility index (Phi) is 5.22. The van der Waals surface area contributed by atoms with Crippen molar-refractivity contribution in [3.63, 3.8) is 0 Å². The summed E-state index contributed by atoms with van der Waals surface area (Å²) in [6.45, 7) is 0.900. The number of anilines is 1. The fourth-order valence-electron chi connectivity index (χ4n) is 2.32. The summed E-state index contributed by atoms with van der Waals surface area (Å²) in [5.41, 5.74) is 1.48. The number of nitrogens with one attached hydrogen (secondary N) is 2. The first-order valence-electron chi connectivity index (χ1n) is 6.58. The van der Waals surface area contributed by atoms with Crippen LogP contribution < -0.4 is 10.6 Å². The first-order chi connectivity index (χ1) is 9.74. The highest BCUT2D eigenvalue weighted by Crippen LogP contribution is 2.24. The number of carbonyl (C=O) groups is 1. The molecule has 112 valence electrons. The van der Waals surface area contributed by atoms with Gasteiger partial charge in [0.2, 0.25) is 5.91 Å². The van der Waals surface area contributed by atoms with Crippen molar-refractivity contribution in [1.82, 2.24) is 15.1 Å². The maximum absolute atomic E-state index is 12.0. The lowest BCUT2D eigenvalue weighted by molar-refractivity contribution is -0.117. The van der Waals surface area contributed by atoms with E-state index >= 15 is 0 Å². The highest BCUT2D eigenvalue weighted by molar-refractivity contribution is 6.32. The number of halogens is 2. The zero-order valence-corrected chi connectivity index (χ0v) is 12.8. The molecule has 5 nitrogen and oxygen atoms in total. The number of amides is 1. The molecule has 1 amide bonds. The number of benzene rings is 1. The maximum atomic E-state index is 12.0. The molecular weight excluding hydrogens is 311 g/mol. The maximum Gasteiger partial charge on any atom is 0.241 e. The van der Waals surface area contributed by atoms with Crippen LogP contribution in [0.4, 0.5) is 5.69 Å². The van der Waals surface area contributed by atoms with Gasteiger partial charge in [-0.15, -0.1) is 12.4 Å². The average molecular weight is 327 g/mol. The van der Waals surface area contributed by atoms with Gasteiger partial charge in [-0.2, -0.15) is 5.10 Å². The standard InChI is InChI=1S/C14H15ClN4O.ClH/c15-11-9-10(18-14(20)12-3-1-6-16-12)4-5-13(11)19-8-2-7-17-19;/h2,4-5,7-9,12,16H,1,3,6H2,(H,18,20);1H. The summed E-state index contributed by atoms with van der Waals surface area (Å²) >= 11 is 6.24. The Morgan fingerprint density at radius 2 is 2.33 bits per heavy atom. The van der Waals surface area contributed by atoms with Crippen LogP contribution in [0.2, 0.25) is 5.02 Å². The van der Waals surface area contributed by atoms with Crippen LogP contribution in [0.25, 0.3) is 5.69 Å². The van der Waals surface area contributed by atoms with E-state index in [9.17, 15) is 4.79 Å².